The van der Waals surface area contributed by atoms with Gasteiger partial charge in [-0.3, -0.25) is 35.9 Å². The van der Waals surface area contributed by atoms with E-state index in [4.69, 9.17) is 12.2 Å². The second-order valence-corrected chi connectivity index (χ2v) is 8.34. The second kappa shape index (κ2) is 9.10. The zero-order valence-corrected chi connectivity index (χ0v) is 18.3. The Morgan fingerprint density at radius 2 is 1.72 bits per heavy atom. The Hall–Kier alpha value is -2.85. The van der Waals surface area contributed by atoms with Gasteiger partial charge in [0.25, 0.3) is 17.5 Å². The van der Waals surface area contributed by atoms with E-state index >= 15 is 0 Å². The number of amides is 2. The van der Waals surface area contributed by atoms with Crippen LogP contribution in [0.1, 0.15) is 47.1 Å². The van der Waals surface area contributed by atoms with Crippen LogP contribution in [0.5, 0.6) is 0 Å². The molecule has 0 radical (unpaired) electrons. The lowest BCUT2D eigenvalue weighted by Gasteiger charge is -2.21. The third-order valence-corrected chi connectivity index (χ3v) is 4.76. The molecule has 2 aromatic rings. The standard InChI is InChI=1S/C19H19BrN4O4S/c1-19(2,3)13-9-8-11(10-14(13)20)16(25)21-18(29)23-22-17(26)12-6-4-5-7-15(12)24(27)28/h4-10H,1-3H3,(H,22,26)(H2,21,23,25,29). The number of hydrogen-bond acceptors (Lipinski definition) is 5. The summed E-state index contributed by atoms with van der Waals surface area (Å²) >= 11 is 8.47. The molecule has 3 N–H and O–H groups in total. The molecule has 0 aliphatic carbocycles. The van der Waals surface area contributed by atoms with Crippen molar-refractivity contribution in [3.8, 4) is 0 Å². The fourth-order valence-corrected chi connectivity index (χ4v) is 3.59. The molecule has 2 aromatic carbocycles. The Labute approximate surface area is 181 Å². The predicted molar refractivity (Wildman–Crippen MR) is 117 cm³/mol. The van der Waals surface area contributed by atoms with Crippen LogP contribution in [0.3, 0.4) is 0 Å². The number of nitrogens with zero attached hydrogens (tertiary/aromatic N) is 1. The molecule has 8 nitrogen and oxygen atoms in total. The number of benzene rings is 2. The fourth-order valence-electron chi connectivity index (χ4n) is 2.48. The number of para-hydroxylation sites is 1. The average molecular weight is 479 g/mol. The quantitative estimate of drug-likeness (QED) is 0.352. The Bertz CT molecular complexity index is 988. The first kappa shape index (κ1) is 22.4. The van der Waals surface area contributed by atoms with E-state index in [1.54, 1.807) is 12.1 Å². The van der Waals surface area contributed by atoms with Crippen molar-refractivity contribution in [3.05, 3.63) is 73.7 Å². The lowest BCUT2D eigenvalue weighted by Crippen LogP contribution is -2.48. The second-order valence-electron chi connectivity index (χ2n) is 7.08. The van der Waals surface area contributed by atoms with E-state index in [1.165, 1.54) is 24.3 Å². The van der Waals surface area contributed by atoms with Crippen LogP contribution < -0.4 is 16.2 Å². The van der Waals surface area contributed by atoms with Crippen LogP contribution in [0.4, 0.5) is 5.69 Å². The van der Waals surface area contributed by atoms with E-state index in [1.807, 2.05) is 6.07 Å². The predicted octanol–water partition coefficient (Wildman–Crippen LogP) is 3.60. The first-order valence-corrected chi connectivity index (χ1v) is 9.66. The molecule has 0 atom stereocenters. The fraction of sp³-hybridized carbons (Fsp3) is 0.211. The van der Waals surface area contributed by atoms with E-state index in [9.17, 15) is 19.7 Å². The van der Waals surface area contributed by atoms with E-state index in [0.717, 1.165) is 10.0 Å². The SMILES string of the molecule is CC(C)(C)c1ccc(C(=O)NC(=S)NNC(=O)c2ccccc2[N+](=O)[O-])cc1Br. The van der Waals surface area contributed by atoms with E-state index < -0.39 is 16.7 Å². The normalized spacial score (nSPS) is 10.8. The van der Waals surface area contributed by atoms with Crippen molar-refractivity contribution < 1.29 is 14.5 Å². The summed E-state index contributed by atoms with van der Waals surface area (Å²) in [6, 6.07) is 10.7. The van der Waals surface area contributed by atoms with Gasteiger partial charge in [-0.1, -0.05) is 54.9 Å². The van der Waals surface area contributed by atoms with Gasteiger partial charge in [-0.15, -0.1) is 0 Å². The van der Waals surface area contributed by atoms with Crippen molar-refractivity contribution in [1.29, 1.82) is 0 Å². The summed E-state index contributed by atoms with van der Waals surface area (Å²) < 4.78 is 0.793. The van der Waals surface area contributed by atoms with Crippen molar-refractivity contribution in [2.75, 3.05) is 0 Å². The largest absolute Gasteiger partial charge is 0.298 e. The van der Waals surface area contributed by atoms with Crippen molar-refractivity contribution in [2.45, 2.75) is 26.2 Å². The van der Waals surface area contributed by atoms with Crippen LogP contribution in [0, 0.1) is 10.1 Å². The lowest BCUT2D eigenvalue weighted by molar-refractivity contribution is -0.385. The highest BCUT2D eigenvalue weighted by molar-refractivity contribution is 9.10. The summed E-state index contributed by atoms with van der Waals surface area (Å²) in [5.41, 5.74) is 5.45. The lowest BCUT2D eigenvalue weighted by atomic mass is 9.86. The highest BCUT2D eigenvalue weighted by Crippen LogP contribution is 2.30. The molecule has 10 heteroatoms. The minimum Gasteiger partial charge on any atom is -0.298 e. The first-order chi connectivity index (χ1) is 13.5. The van der Waals surface area contributed by atoms with Crippen molar-refractivity contribution in [3.63, 3.8) is 0 Å². The van der Waals surface area contributed by atoms with Gasteiger partial charge in [-0.05, 0) is 41.4 Å². The van der Waals surface area contributed by atoms with Crippen LogP contribution in [0.25, 0.3) is 0 Å². The van der Waals surface area contributed by atoms with Crippen LogP contribution in [-0.2, 0) is 5.41 Å². The summed E-state index contributed by atoms with van der Waals surface area (Å²) in [6.45, 7) is 6.18. The highest BCUT2D eigenvalue weighted by atomic mass is 79.9. The Morgan fingerprint density at radius 3 is 2.31 bits per heavy atom. The number of hydrazine groups is 1. The Kier molecular flexibility index (Phi) is 7.04. The zero-order valence-electron chi connectivity index (χ0n) is 15.9. The molecule has 152 valence electrons. The molecule has 0 saturated carbocycles. The average Bonchev–Trinajstić information content (AvgIpc) is 2.64. The van der Waals surface area contributed by atoms with Crippen molar-refractivity contribution in [2.24, 2.45) is 0 Å². The summed E-state index contributed by atoms with van der Waals surface area (Å²) in [5, 5.41) is 13.3. The molecule has 0 aliphatic heterocycles. The molecule has 0 bridgehead atoms. The van der Waals surface area contributed by atoms with E-state index in [0.29, 0.717) is 5.56 Å². The van der Waals surface area contributed by atoms with Gasteiger partial charge in [-0.25, -0.2) is 0 Å². The highest BCUT2D eigenvalue weighted by Gasteiger charge is 2.20. The van der Waals surface area contributed by atoms with Gasteiger partial charge in [0.15, 0.2) is 5.11 Å². The molecular formula is C19H19BrN4O4S. The third-order valence-electron chi connectivity index (χ3n) is 3.90. The van der Waals surface area contributed by atoms with Gasteiger partial charge in [0.1, 0.15) is 5.56 Å². The topological polar surface area (TPSA) is 113 Å². The summed E-state index contributed by atoms with van der Waals surface area (Å²) in [6.07, 6.45) is 0. The molecule has 0 unspecified atom stereocenters. The summed E-state index contributed by atoms with van der Waals surface area (Å²) in [5.74, 6) is -1.23. The summed E-state index contributed by atoms with van der Waals surface area (Å²) in [4.78, 5) is 34.9. The number of nitro groups is 1. The maximum absolute atomic E-state index is 12.4. The van der Waals surface area contributed by atoms with E-state index in [-0.39, 0.29) is 21.8 Å². The zero-order chi connectivity index (χ0) is 21.8. The Morgan fingerprint density at radius 1 is 1.07 bits per heavy atom. The number of halogens is 1. The molecule has 2 rings (SSSR count). The van der Waals surface area contributed by atoms with Gasteiger partial charge < -0.3 is 0 Å². The maximum atomic E-state index is 12.4. The van der Waals surface area contributed by atoms with Crippen LogP contribution in [0.15, 0.2) is 46.9 Å². The minimum atomic E-state index is -0.758. The summed E-state index contributed by atoms with van der Waals surface area (Å²) in [7, 11) is 0. The molecule has 0 aromatic heterocycles. The van der Waals surface area contributed by atoms with Gasteiger partial charge in [0, 0.05) is 16.1 Å². The number of carbonyl (C=O) groups excluding carboxylic acids is 2. The van der Waals surface area contributed by atoms with Crippen LogP contribution in [-0.4, -0.2) is 21.9 Å². The molecule has 0 aliphatic rings. The van der Waals surface area contributed by atoms with Gasteiger partial charge in [0.2, 0.25) is 0 Å². The molecule has 0 saturated heterocycles. The molecule has 29 heavy (non-hydrogen) atoms. The number of thiocarbonyl (C=S) groups is 1. The van der Waals surface area contributed by atoms with Gasteiger partial charge in [-0.2, -0.15) is 0 Å². The number of nitrogens with one attached hydrogen (secondary N) is 3. The number of rotatable bonds is 3. The third kappa shape index (κ3) is 5.81. The van der Waals surface area contributed by atoms with Gasteiger partial charge in [0.05, 0.1) is 4.92 Å². The molecule has 2 amide bonds. The van der Waals surface area contributed by atoms with Crippen LogP contribution in [0.2, 0.25) is 0 Å². The maximum Gasteiger partial charge on any atom is 0.282 e. The number of hydrogen-bond donors (Lipinski definition) is 3. The van der Waals surface area contributed by atoms with Crippen molar-refractivity contribution >= 4 is 50.8 Å². The molecule has 0 fully saturated rings. The van der Waals surface area contributed by atoms with Crippen LogP contribution >= 0.6 is 28.1 Å². The minimum absolute atomic E-state index is 0.0883. The smallest absolute Gasteiger partial charge is 0.282 e. The first-order valence-electron chi connectivity index (χ1n) is 8.46. The molecule has 0 spiro atoms. The number of nitro benzene ring substituents is 1. The Balaban J connectivity index is 1.99. The molecule has 0 heterocycles. The monoisotopic (exact) mass is 478 g/mol. The van der Waals surface area contributed by atoms with E-state index in [2.05, 4.69) is 52.9 Å². The van der Waals surface area contributed by atoms with Crippen molar-refractivity contribution in [1.82, 2.24) is 16.2 Å². The van der Waals surface area contributed by atoms with Gasteiger partial charge >= 0.3 is 0 Å². The number of carbonyl (C=O) groups is 2. The molecular weight excluding hydrogens is 460 g/mol.